The summed E-state index contributed by atoms with van der Waals surface area (Å²) in [4.78, 5) is 16.8. The number of benzene rings is 1. The van der Waals surface area contributed by atoms with Crippen molar-refractivity contribution >= 4 is 18.5 Å². The summed E-state index contributed by atoms with van der Waals surface area (Å²) in [6.07, 6.45) is 0.520. The van der Waals surface area contributed by atoms with Gasteiger partial charge in [0.1, 0.15) is 0 Å². The monoisotopic (exact) mass is 277 g/mol. The number of carbonyl (C=O) groups excluding carboxylic acids is 1. The van der Waals surface area contributed by atoms with E-state index in [0.717, 1.165) is 10.5 Å². The highest BCUT2D eigenvalue weighted by atomic mass is 32.1. The largest absolute Gasteiger partial charge is 0.352 e. The van der Waals surface area contributed by atoms with E-state index in [1.807, 2.05) is 19.1 Å². The SMILES string of the molecule is Cc1noc(CCNC(=O)c2cc(S)ccc2C)n1. The van der Waals surface area contributed by atoms with E-state index in [2.05, 4.69) is 28.1 Å². The van der Waals surface area contributed by atoms with Gasteiger partial charge in [-0.1, -0.05) is 11.2 Å². The molecular weight excluding hydrogens is 262 g/mol. The molecule has 0 aliphatic carbocycles. The third kappa shape index (κ3) is 3.57. The molecule has 100 valence electrons. The smallest absolute Gasteiger partial charge is 0.251 e. The maximum Gasteiger partial charge on any atom is 0.251 e. The van der Waals surface area contributed by atoms with Crippen molar-refractivity contribution in [2.75, 3.05) is 6.54 Å². The second-order valence-electron chi connectivity index (χ2n) is 4.24. The molecule has 1 heterocycles. The zero-order valence-electron chi connectivity index (χ0n) is 10.8. The van der Waals surface area contributed by atoms with Gasteiger partial charge in [-0.2, -0.15) is 4.98 Å². The predicted octanol–water partition coefficient (Wildman–Crippen LogP) is 1.95. The summed E-state index contributed by atoms with van der Waals surface area (Å²) in [6.45, 7) is 4.10. The van der Waals surface area contributed by atoms with Gasteiger partial charge in [0.05, 0.1) is 0 Å². The van der Waals surface area contributed by atoms with Gasteiger partial charge in [-0.3, -0.25) is 4.79 Å². The minimum Gasteiger partial charge on any atom is -0.352 e. The quantitative estimate of drug-likeness (QED) is 0.838. The first-order chi connectivity index (χ1) is 9.06. The standard InChI is InChI=1S/C13H15N3O2S/c1-8-3-4-10(19)7-11(8)13(17)14-6-5-12-15-9(2)16-18-12/h3-4,7,19H,5-6H2,1-2H3,(H,14,17). The zero-order valence-corrected chi connectivity index (χ0v) is 11.7. The van der Waals surface area contributed by atoms with Crippen molar-refractivity contribution in [2.45, 2.75) is 25.2 Å². The Labute approximate surface area is 116 Å². The van der Waals surface area contributed by atoms with Gasteiger partial charge in [0.2, 0.25) is 5.89 Å². The molecule has 0 spiro atoms. The minimum atomic E-state index is -0.121. The van der Waals surface area contributed by atoms with E-state index in [4.69, 9.17) is 4.52 Å². The first-order valence-electron chi connectivity index (χ1n) is 5.93. The molecule has 2 aromatic rings. The number of hydrogen-bond donors (Lipinski definition) is 2. The number of nitrogens with zero attached hydrogens (tertiary/aromatic N) is 2. The fourth-order valence-electron chi connectivity index (χ4n) is 1.67. The van der Waals surface area contributed by atoms with Crippen LogP contribution in [0.1, 0.15) is 27.6 Å². The summed E-state index contributed by atoms with van der Waals surface area (Å²) in [6, 6.07) is 5.49. The first-order valence-corrected chi connectivity index (χ1v) is 6.38. The van der Waals surface area contributed by atoms with Crippen LogP contribution in [0.3, 0.4) is 0 Å². The van der Waals surface area contributed by atoms with Crippen LogP contribution in [-0.2, 0) is 6.42 Å². The molecule has 0 fully saturated rings. The normalized spacial score (nSPS) is 10.5. The molecule has 19 heavy (non-hydrogen) atoms. The molecule has 0 aliphatic rings. The molecule has 1 aromatic carbocycles. The van der Waals surface area contributed by atoms with E-state index in [-0.39, 0.29) is 5.91 Å². The Balaban J connectivity index is 1.92. The maximum absolute atomic E-state index is 12.0. The number of amides is 1. The van der Waals surface area contributed by atoms with Gasteiger partial charge in [-0.15, -0.1) is 12.6 Å². The summed E-state index contributed by atoms with van der Waals surface area (Å²) in [7, 11) is 0. The predicted molar refractivity (Wildman–Crippen MR) is 73.5 cm³/mol. The number of aryl methyl sites for hydroxylation is 2. The highest BCUT2D eigenvalue weighted by Crippen LogP contribution is 2.13. The zero-order chi connectivity index (χ0) is 13.8. The van der Waals surface area contributed by atoms with Crippen LogP contribution >= 0.6 is 12.6 Å². The lowest BCUT2D eigenvalue weighted by Crippen LogP contribution is -2.26. The van der Waals surface area contributed by atoms with E-state index in [9.17, 15) is 4.79 Å². The van der Waals surface area contributed by atoms with Crippen molar-refractivity contribution in [3.63, 3.8) is 0 Å². The molecule has 6 heteroatoms. The van der Waals surface area contributed by atoms with E-state index in [1.54, 1.807) is 13.0 Å². The van der Waals surface area contributed by atoms with Gasteiger partial charge >= 0.3 is 0 Å². The molecule has 0 saturated heterocycles. The summed E-state index contributed by atoms with van der Waals surface area (Å²) < 4.78 is 4.97. The van der Waals surface area contributed by atoms with Gasteiger partial charge in [0.25, 0.3) is 5.91 Å². The van der Waals surface area contributed by atoms with Crippen LogP contribution < -0.4 is 5.32 Å². The lowest BCUT2D eigenvalue weighted by molar-refractivity contribution is 0.0952. The van der Waals surface area contributed by atoms with E-state index in [1.165, 1.54) is 0 Å². The Kier molecular flexibility index (Phi) is 4.21. The van der Waals surface area contributed by atoms with E-state index >= 15 is 0 Å². The molecule has 1 aromatic heterocycles. The van der Waals surface area contributed by atoms with Crippen LogP contribution in [0.4, 0.5) is 0 Å². The number of nitrogens with one attached hydrogen (secondary N) is 1. The number of thiol groups is 1. The second-order valence-corrected chi connectivity index (χ2v) is 4.76. The second kappa shape index (κ2) is 5.88. The van der Waals surface area contributed by atoms with Crippen molar-refractivity contribution in [1.29, 1.82) is 0 Å². The third-order valence-electron chi connectivity index (χ3n) is 2.66. The molecule has 0 radical (unpaired) electrons. The first kappa shape index (κ1) is 13.6. The highest BCUT2D eigenvalue weighted by molar-refractivity contribution is 7.80. The minimum absolute atomic E-state index is 0.121. The highest BCUT2D eigenvalue weighted by Gasteiger charge is 2.09. The molecule has 0 aliphatic heterocycles. The van der Waals surface area contributed by atoms with E-state index in [0.29, 0.717) is 30.2 Å². The molecule has 5 nitrogen and oxygen atoms in total. The van der Waals surface area contributed by atoms with Crippen molar-refractivity contribution < 1.29 is 9.32 Å². The van der Waals surface area contributed by atoms with Gasteiger partial charge in [0, 0.05) is 23.4 Å². The third-order valence-corrected chi connectivity index (χ3v) is 2.94. The van der Waals surface area contributed by atoms with Crippen LogP contribution in [0.2, 0.25) is 0 Å². The average Bonchev–Trinajstić information content (AvgIpc) is 2.78. The van der Waals surface area contributed by atoms with Crippen LogP contribution in [0.15, 0.2) is 27.6 Å². The van der Waals surface area contributed by atoms with Crippen LogP contribution in [0.5, 0.6) is 0 Å². The molecule has 0 atom stereocenters. The van der Waals surface area contributed by atoms with Crippen LogP contribution in [0.25, 0.3) is 0 Å². The summed E-state index contributed by atoms with van der Waals surface area (Å²) >= 11 is 4.23. The van der Waals surface area contributed by atoms with Gasteiger partial charge in [-0.25, -0.2) is 0 Å². The number of rotatable bonds is 4. The van der Waals surface area contributed by atoms with Crippen LogP contribution in [-0.4, -0.2) is 22.6 Å². The Bertz CT molecular complexity index is 595. The van der Waals surface area contributed by atoms with Crippen molar-refractivity contribution in [1.82, 2.24) is 15.5 Å². The van der Waals surface area contributed by atoms with Crippen LogP contribution in [0, 0.1) is 13.8 Å². The summed E-state index contributed by atoms with van der Waals surface area (Å²) in [5.74, 6) is 1.00. The molecule has 1 amide bonds. The number of hydrogen-bond acceptors (Lipinski definition) is 5. The molecule has 0 saturated carbocycles. The lowest BCUT2D eigenvalue weighted by atomic mass is 10.1. The number of aromatic nitrogens is 2. The Morgan fingerprint density at radius 2 is 2.21 bits per heavy atom. The average molecular weight is 277 g/mol. The summed E-state index contributed by atoms with van der Waals surface area (Å²) in [5, 5.41) is 6.51. The van der Waals surface area contributed by atoms with Crippen molar-refractivity contribution in [3.05, 3.63) is 41.0 Å². The van der Waals surface area contributed by atoms with Gasteiger partial charge < -0.3 is 9.84 Å². The fourth-order valence-corrected chi connectivity index (χ4v) is 1.88. The molecule has 0 unspecified atom stereocenters. The van der Waals surface area contributed by atoms with Crippen molar-refractivity contribution in [3.8, 4) is 0 Å². The topological polar surface area (TPSA) is 68.0 Å². The lowest BCUT2D eigenvalue weighted by Gasteiger charge is -2.07. The molecule has 2 rings (SSSR count). The molecule has 0 bridgehead atoms. The van der Waals surface area contributed by atoms with E-state index < -0.39 is 0 Å². The fraction of sp³-hybridized carbons (Fsp3) is 0.308. The van der Waals surface area contributed by atoms with Gasteiger partial charge in [0.15, 0.2) is 5.82 Å². The summed E-state index contributed by atoms with van der Waals surface area (Å²) in [5.41, 5.74) is 1.55. The Morgan fingerprint density at radius 3 is 2.89 bits per heavy atom. The Hall–Kier alpha value is -1.82. The maximum atomic E-state index is 12.0. The van der Waals surface area contributed by atoms with Crippen molar-refractivity contribution in [2.24, 2.45) is 0 Å². The van der Waals surface area contributed by atoms with Gasteiger partial charge in [-0.05, 0) is 31.5 Å². The molecule has 1 N–H and O–H groups in total. The Morgan fingerprint density at radius 1 is 1.42 bits per heavy atom. The number of carbonyl (C=O) groups is 1. The molecular formula is C13H15N3O2S.